The Balaban J connectivity index is 1.83. The van der Waals surface area contributed by atoms with Crippen molar-refractivity contribution in [3.8, 4) is 0 Å². The number of hydrogen-bond acceptors (Lipinski definition) is 5. The first-order chi connectivity index (χ1) is 14.7. The molecule has 2 aromatic carbocycles. The Labute approximate surface area is 182 Å². The number of aromatic nitrogens is 2. The third-order valence-corrected chi connectivity index (χ3v) is 5.87. The molecule has 0 amide bonds. The van der Waals surface area contributed by atoms with E-state index in [9.17, 15) is 34.8 Å². The second kappa shape index (κ2) is 8.58. The number of sulfone groups is 1. The van der Waals surface area contributed by atoms with E-state index in [1.807, 2.05) is 0 Å². The first-order valence-electron chi connectivity index (χ1n) is 8.52. The minimum atomic E-state index is -4.99. The minimum Gasteiger partial charge on any atom is -0.338 e. The van der Waals surface area contributed by atoms with Crippen LogP contribution >= 0.6 is 11.6 Å². The summed E-state index contributed by atoms with van der Waals surface area (Å²) in [6, 6.07) is 6.36. The molecule has 0 radical (unpaired) electrons. The molecule has 0 N–H and O–H groups in total. The van der Waals surface area contributed by atoms with Crippen molar-refractivity contribution in [2.24, 2.45) is 0 Å². The third kappa shape index (κ3) is 5.88. The van der Waals surface area contributed by atoms with Gasteiger partial charge in [0.2, 0.25) is 5.89 Å². The predicted octanol–water partition coefficient (Wildman–Crippen LogP) is 5.90. The van der Waals surface area contributed by atoms with E-state index in [2.05, 4.69) is 10.1 Å². The van der Waals surface area contributed by atoms with Crippen molar-refractivity contribution in [2.75, 3.05) is 0 Å². The van der Waals surface area contributed by atoms with Gasteiger partial charge in [0.05, 0.1) is 16.0 Å². The highest BCUT2D eigenvalue weighted by Crippen LogP contribution is 2.36. The summed E-state index contributed by atoms with van der Waals surface area (Å²) in [5.41, 5.74) is -3.36. The fraction of sp³-hybridized carbons (Fsp3) is 0.158. The molecule has 0 spiro atoms. The molecule has 170 valence electrons. The van der Waals surface area contributed by atoms with Crippen LogP contribution in [0.4, 0.5) is 26.3 Å². The fourth-order valence-corrected chi connectivity index (χ4v) is 3.81. The fourth-order valence-electron chi connectivity index (χ4n) is 2.53. The highest BCUT2D eigenvalue weighted by molar-refractivity contribution is 7.90. The molecule has 0 aliphatic heterocycles. The molecule has 0 aliphatic rings. The molecule has 5 nitrogen and oxygen atoms in total. The molecule has 13 heteroatoms. The smallest absolute Gasteiger partial charge is 0.338 e. The zero-order chi connectivity index (χ0) is 23.7. The van der Waals surface area contributed by atoms with E-state index in [0.717, 1.165) is 12.2 Å². The van der Waals surface area contributed by atoms with Crippen molar-refractivity contribution in [1.29, 1.82) is 0 Å². The van der Waals surface area contributed by atoms with Crippen molar-refractivity contribution in [3.63, 3.8) is 0 Å². The zero-order valence-electron chi connectivity index (χ0n) is 15.6. The van der Waals surface area contributed by atoms with Gasteiger partial charge in [0.25, 0.3) is 0 Å². The molecule has 0 fully saturated rings. The Hall–Kier alpha value is -2.86. The number of benzene rings is 2. The highest BCUT2D eigenvalue weighted by Gasteiger charge is 2.36. The van der Waals surface area contributed by atoms with Crippen LogP contribution < -0.4 is 0 Å². The molecule has 0 bridgehead atoms. The van der Waals surface area contributed by atoms with Crippen molar-refractivity contribution < 1.29 is 39.3 Å². The maximum absolute atomic E-state index is 12.9. The molecule has 1 heterocycles. The summed E-state index contributed by atoms with van der Waals surface area (Å²) >= 11 is 5.71. The van der Waals surface area contributed by atoms with E-state index in [1.54, 1.807) is 0 Å². The van der Waals surface area contributed by atoms with Crippen molar-refractivity contribution in [2.45, 2.75) is 23.0 Å². The van der Waals surface area contributed by atoms with Gasteiger partial charge in [-0.2, -0.15) is 31.3 Å². The van der Waals surface area contributed by atoms with Crippen LogP contribution in [0.2, 0.25) is 5.02 Å². The first-order valence-corrected chi connectivity index (χ1v) is 10.6. The van der Waals surface area contributed by atoms with Crippen LogP contribution in [0.15, 0.2) is 51.9 Å². The molecule has 0 unspecified atom stereocenters. The van der Waals surface area contributed by atoms with E-state index in [1.165, 1.54) is 24.3 Å². The Kier molecular flexibility index (Phi) is 6.38. The van der Waals surface area contributed by atoms with Gasteiger partial charge in [-0.3, -0.25) is 0 Å². The zero-order valence-corrected chi connectivity index (χ0v) is 17.1. The van der Waals surface area contributed by atoms with E-state index < -0.39 is 44.6 Å². The van der Waals surface area contributed by atoms with Crippen LogP contribution in [-0.2, 0) is 27.9 Å². The maximum Gasteiger partial charge on any atom is 0.416 e. The van der Waals surface area contributed by atoms with Gasteiger partial charge in [0.1, 0.15) is 5.75 Å². The summed E-state index contributed by atoms with van der Waals surface area (Å²) in [4.78, 5) is 3.73. The topological polar surface area (TPSA) is 73.1 Å². The lowest BCUT2D eigenvalue weighted by atomic mass is 10.0. The van der Waals surface area contributed by atoms with E-state index in [-0.39, 0.29) is 22.7 Å². The molecule has 1 aromatic heterocycles. The summed E-state index contributed by atoms with van der Waals surface area (Å²) in [7, 11) is -3.86. The number of alkyl halides is 6. The summed E-state index contributed by atoms with van der Waals surface area (Å²) in [6.45, 7) is 0. The number of rotatable bonds is 5. The standard InChI is InChI=1S/C19H11ClF6N2O3S/c20-14-2-4-15(5-3-14)32(29,30)10-17-27-16(28-31-17)6-1-11-7-12(18(21,22)23)9-13(8-11)19(24,25)26/h1-9H,10H2. The van der Waals surface area contributed by atoms with Crippen LogP contribution in [0.5, 0.6) is 0 Å². The summed E-state index contributed by atoms with van der Waals surface area (Å²) < 4.78 is 107. The lowest BCUT2D eigenvalue weighted by Crippen LogP contribution is -2.11. The van der Waals surface area contributed by atoms with E-state index >= 15 is 0 Å². The first kappa shape index (κ1) is 23.8. The Bertz CT molecular complexity index is 1220. The Morgan fingerprint density at radius 1 is 0.906 bits per heavy atom. The number of halogens is 7. The summed E-state index contributed by atoms with van der Waals surface area (Å²) in [5.74, 6) is -1.23. The Morgan fingerprint density at radius 3 is 2.00 bits per heavy atom. The normalized spacial score (nSPS) is 13.1. The van der Waals surface area contributed by atoms with Crippen molar-refractivity contribution in [3.05, 3.63) is 75.9 Å². The lowest BCUT2D eigenvalue weighted by Gasteiger charge is -2.12. The maximum atomic E-state index is 12.9. The van der Waals surface area contributed by atoms with Gasteiger partial charge in [-0.25, -0.2) is 8.42 Å². The largest absolute Gasteiger partial charge is 0.416 e. The third-order valence-electron chi connectivity index (χ3n) is 4.00. The lowest BCUT2D eigenvalue weighted by molar-refractivity contribution is -0.143. The monoisotopic (exact) mass is 496 g/mol. The van der Waals surface area contributed by atoms with Gasteiger partial charge in [-0.05, 0) is 54.1 Å². The van der Waals surface area contributed by atoms with Gasteiger partial charge in [-0.15, -0.1) is 0 Å². The average Bonchev–Trinajstić information content (AvgIpc) is 3.12. The molecular weight excluding hydrogens is 486 g/mol. The molecule has 32 heavy (non-hydrogen) atoms. The second-order valence-corrected chi connectivity index (χ2v) is 8.86. The number of nitrogens with zero attached hydrogens (tertiary/aromatic N) is 2. The van der Waals surface area contributed by atoms with Gasteiger partial charge in [0, 0.05) is 5.02 Å². The van der Waals surface area contributed by atoms with Gasteiger partial charge >= 0.3 is 12.4 Å². The summed E-state index contributed by atoms with van der Waals surface area (Å²) in [6.07, 6.45) is -8.05. The minimum absolute atomic E-state index is 0.00537. The van der Waals surface area contributed by atoms with Crippen LogP contribution in [-0.4, -0.2) is 18.6 Å². The van der Waals surface area contributed by atoms with Crippen LogP contribution in [0, 0.1) is 0 Å². The quantitative estimate of drug-likeness (QED) is 0.411. The Morgan fingerprint density at radius 2 is 1.47 bits per heavy atom. The molecule has 3 aromatic rings. The molecule has 0 saturated carbocycles. The van der Waals surface area contributed by atoms with Crippen molar-refractivity contribution >= 4 is 33.6 Å². The summed E-state index contributed by atoms with van der Waals surface area (Å²) in [5, 5.41) is 3.79. The molecule has 0 atom stereocenters. The molecule has 0 aliphatic carbocycles. The second-order valence-electron chi connectivity index (χ2n) is 6.43. The van der Waals surface area contributed by atoms with Crippen LogP contribution in [0.25, 0.3) is 12.2 Å². The highest BCUT2D eigenvalue weighted by atomic mass is 35.5. The predicted molar refractivity (Wildman–Crippen MR) is 102 cm³/mol. The van der Waals surface area contributed by atoms with Gasteiger partial charge in [-0.1, -0.05) is 22.8 Å². The van der Waals surface area contributed by atoms with Crippen molar-refractivity contribution in [1.82, 2.24) is 10.1 Å². The number of hydrogen-bond donors (Lipinski definition) is 0. The molecule has 3 rings (SSSR count). The van der Waals surface area contributed by atoms with Crippen LogP contribution in [0.3, 0.4) is 0 Å². The van der Waals surface area contributed by atoms with E-state index in [0.29, 0.717) is 17.2 Å². The average molecular weight is 497 g/mol. The molecular formula is C19H11ClF6N2O3S. The van der Waals surface area contributed by atoms with Gasteiger partial charge in [0.15, 0.2) is 15.7 Å². The SMILES string of the molecule is O=S(=O)(Cc1nc(C=Cc2cc(C(F)(F)F)cc(C(F)(F)F)c2)no1)c1ccc(Cl)cc1. The van der Waals surface area contributed by atoms with Gasteiger partial charge < -0.3 is 4.52 Å². The molecule has 0 saturated heterocycles. The van der Waals surface area contributed by atoms with Crippen LogP contribution in [0.1, 0.15) is 28.4 Å². The van der Waals surface area contributed by atoms with E-state index in [4.69, 9.17) is 16.1 Å².